The van der Waals surface area contributed by atoms with Crippen molar-refractivity contribution in [2.45, 2.75) is 37.4 Å². The molecule has 0 spiro atoms. The first-order chi connectivity index (χ1) is 10.1. The van der Waals surface area contributed by atoms with Crippen molar-refractivity contribution in [3.8, 4) is 0 Å². The molecule has 21 heavy (non-hydrogen) atoms. The second kappa shape index (κ2) is 5.61. The van der Waals surface area contributed by atoms with Crippen molar-refractivity contribution in [2.24, 2.45) is 5.92 Å². The van der Waals surface area contributed by atoms with Crippen LogP contribution in [-0.4, -0.2) is 14.3 Å². The van der Waals surface area contributed by atoms with E-state index in [0.717, 1.165) is 17.5 Å². The van der Waals surface area contributed by atoms with E-state index in [-0.39, 0.29) is 10.8 Å². The van der Waals surface area contributed by atoms with Gasteiger partial charge in [0, 0.05) is 5.92 Å². The second-order valence-electron chi connectivity index (χ2n) is 5.37. The molecule has 0 bridgehead atoms. The molecule has 0 aromatic heterocycles. The molecular weight excluding hydrogens is 290 g/mol. The van der Waals surface area contributed by atoms with Gasteiger partial charge in [-0.3, -0.25) is 4.79 Å². The van der Waals surface area contributed by atoms with E-state index in [0.29, 0.717) is 26.1 Å². The molecular formula is C15H17NO4S. The van der Waals surface area contributed by atoms with Crippen LogP contribution in [0.15, 0.2) is 35.2 Å². The third-order valence-corrected chi connectivity index (χ3v) is 5.22. The van der Waals surface area contributed by atoms with E-state index in [1.54, 1.807) is 12.1 Å². The van der Waals surface area contributed by atoms with E-state index in [2.05, 4.69) is 4.72 Å². The van der Waals surface area contributed by atoms with E-state index in [1.165, 1.54) is 6.07 Å². The SMILES string of the molecule is O=C(NS(=O)(=O)c1ccc2c(c1)COC2)C1CC=CCC1. The summed E-state index contributed by atoms with van der Waals surface area (Å²) in [6, 6.07) is 4.84. The summed E-state index contributed by atoms with van der Waals surface area (Å²) < 4.78 is 32.0. The highest BCUT2D eigenvalue weighted by Crippen LogP contribution is 2.24. The topological polar surface area (TPSA) is 72.5 Å². The van der Waals surface area contributed by atoms with Crippen molar-refractivity contribution in [1.82, 2.24) is 4.72 Å². The maximum absolute atomic E-state index is 12.3. The van der Waals surface area contributed by atoms with Crippen molar-refractivity contribution in [3.05, 3.63) is 41.5 Å². The quantitative estimate of drug-likeness (QED) is 0.865. The lowest BCUT2D eigenvalue weighted by Crippen LogP contribution is -2.36. The Balaban J connectivity index is 1.77. The van der Waals surface area contributed by atoms with Crippen LogP contribution in [0.1, 0.15) is 30.4 Å². The highest BCUT2D eigenvalue weighted by molar-refractivity contribution is 7.90. The molecule has 0 fully saturated rings. The Morgan fingerprint density at radius 2 is 2.00 bits per heavy atom. The van der Waals surface area contributed by atoms with Crippen LogP contribution in [-0.2, 0) is 32.8 Å². The van der Waals surface area contributed by atoms with Gasteiger partial charge in [-0.05, 0) is 42.5 Å². The molecule has 1 unspecified atom stereocenters. The van der Waals surface area contributed by atoms with Gasteiger partial charge in [-0.25, -0.2) is 13.1 Å². The fourth-order valence-corrected chi connectivity index (χ4v) is 3.72. The predicted molar refractivity (Wildman–Crippen MR) is 76.7 cm³/mol. The molecule has 1 aromatic carbocycles. The lowest BCUT2D eigenvalue weighted by molar-refractivity contribution is -0.123. The molecule has 2 aliphatic rings. The molecule has 5 nitrogen and oxygen atoms in total. The minimum Gasteiger partial charge on any atom is -0.372 e. The molecule has 1 heterocycles. The summed E-state index contributed by atoms with van der Waals surface area (Å²) in [6.07, 6.45) is 6.04. The minimum absolute atomic E-state index is 0.117. The Bertz CT molecular complexity index is 694. The first-order valence-electron chi connectivity index (χ1n) is 6.97. The fourth-order valence-electron chi connectivity index (χ4n) is 2.62. The van der Waals surface area contributed by atoms with Crippen LogP contribution in [0.5, 0.6) is 0 Å². The lowest BCUT2D eigenvalue weighted by atomic mass is 9.94. The average molecular weight is 307 g/mol. The minimum atomic E-state index is -3.81. The Kier molecular flexibility index (Phi) is 3.82. The summed E-state index contributed by atoms with van der Waals surface area (Å²) in [5, 5.41) is 0. The Morgan fingerprint density at radius 3 is 2.76 bits per heavy atom. The number of rotatable bonds is 3. The van der Waals surface area contributed by atoms with Gasteiger partial charge in [0.25, 0.3) is 10.0 Å². The van der Waals surface area contributed by atoms with Crippen molar-refractivity contribution in [1.29, 1.82) is 0 Å². The summed E-state index contributed by atoms with van der Waals surface area (Å²) in [5.41, 5.74) is 1.86. The monoisotopic (exact) mass is 307 g/mol. The van der Waals surface area contributed by atoms with Crippen LogP contribution in [0.2, 0.25) is 0 Å². The number of allylic oxidation sites excluding steroid dienone is 2. The van der Waals surface area contributed by atoms with Gasteiger partial charge in [-0.15, -0.1) is 0 Å². The molecule has 1 aliphatic carbocycles. The highest BCUT2D eigenvalue weighted by Gasteiger charge is 2.25. The largest absolute Gasteiger partial charge is 0.372 e. The van der Waals surface area contributed by atoms with Gasteiger partial charge in [0.05, 0.1) is 18.1 Å². The Morgan fingerprint density at radius 1 is 1.19 bits per heavy atom. The first kappa shape index (κ1) is 14.3. The van der Waals surface area contributed by atoms with Crippen LogP contribution in [0, 0.1) is 5.92 Å². The van der Waals surface area contributed by atoms with E-state index in [9.17, 15) is 13.2 Å². The van der Waals surface area contributed by atoms with Gasteiger partial charge >= 0.3 is 0 Å². The van der Waals surface area contributed by atoms with Crippen LogP contribution in [0.4, 0.5) is 0 Å². The van der Waals surface area contributed by atoms with Crippen molar-refractivity contribution >= 4 is 15.9 Å². The van der Waals surface area contributed by atoms with E-state index in [1.807, 2.05) is 12.2 Å². The normalized spacial score (nSPS) is 21.0. The number of benzene rings is 1. The van der Waals surface area contributed by atoms with E-state index < -0.39 is 15.9 Å². The molecule has 0 saturated heterocycles. The number of carbonyl (C=O) groups is 1. The van der Waals surface area contributed by atoms with Crippen molar-refractivity contribution in [3.63, 3.8) is 0 Å². The van der Waals surface area contributed by atoms with Gasteiger partial charge in [0.15, 0.2) is 0 Å². The maximum atomic E-state index is 12.3. The molecule has 112 valence electrons. The summed E-state index contributed by atoms with van der Waals surface area (Å²) in [5.74, 6) is -0.682. The molecule has 3 rings (SSSR count). The van der Waals surface area contributed by atoms with Gasteiger partial charge in [0.1, 0.15) is 0 Å². The third kappa shape index (κ3) is 3.01. The van der Waals surface area contributed by atoms with Gasteiger partial charge < -0.3 is 4.74 Å². The zero-order valence-electron chi connectivity index (χ0n) is 11.5. The van der Waals surface area contributed by atoms with E-state index in [4.69, 9.17) is 4.74 Å². The maximum Gasteiger partial charge on any atom is 0.264 e. The number of nitrogens with one attached hydrogen (secondary N) is 1. The number of sulfonamides is 1. The van der Waals surface area contributed by atoms with Crippen molar-refractivity contribution < 1.29 is 17.9 Å². The Labute approximate surface area is 124 Å². The average Bonchev–Trinajstić information content (AvgIpc) is 2.95. The first-order valence-corrected chi connectivity index (χ1v) is 8.46. The zero-order valence-corrected chi connectivity index (χ0v) is 12.4. The lowest BCUT2D eigenvalue weighted by Gasteiger charge is -2.17. The number of hydrogen-bond donors (Lipinski definition) is 1. The number of ether oxygens (including phenoxy) is 1. The fraction of sp³-hybridized carbons (Fsp3) is 0.400. The van der Waals surface area contributed by atoms with Gasteiger partial charge in [0.2, 0.25) is 5.91 Å². The van der Waals surface area contributed by atoms with Gasteiger partial charge in [-0.2, -0.15) is 0 Å². The summed E-state index contributed by atoms with van der Waals surface area (Å²) in [7, 11) is -3.81. The van der Waals surface area contributed by atoms with Crippen LogP contribution < -0.4 is 4.72 Å². The van der Waals surface area contributed by atoms with Gasteiger partial charge in [-0.1, -0.05) is 18.2 Å². The molecule has 6 heteroatoms. The predicted octanol–water partition coefficient (Wildman–Crippen LogP) is 1.88. The third-order valence-electron chi connectivity index (χ3n) is 3.88. The number of carbonyl (C=O) groups excluding carboxylic acids is 1. The van der Waals surface area contributed by atoms with Crippen LogP contribution in [0.3, 0.4) is 0 Å². The van der Waals surface area contributed by atoms with Crippen LogP contribution >= 0.6 is 0 Å². The molecule has 0 radical (unpaired) electrons. The number of hydrogen-bond acceptors (Lipinski definition) is 4. The smallest absolute Gasteiger partial charge is 0.264 e. The summed E-state index contributed by atoms with van der Waals surface area (Å²) >= 11 is 0. The zero-order chi connectivity index (χ0) is 14.9. The summed E-state index contributed by atoms with van der Waals surface area (Å²) in [4.78, 5) is 12.2. The molecule has 1 aliphatic heterocycles. The highest BCUT2D eigenvalue weighted by atomic mass is 32.2. The van der Waals surface area contributed by atoms with Crippen molar-refractivity contribution in [2.75, 3.05) is 0 Å². The Hall–Kier alpha value is -1.66. The number of fused-ring (bicyclic) bond motifs is 1. The molecule has 1 aromatic rings. The standard InChI is InChI=1S/C15H17NO4S/c17-15(11-4-2-1-3-5-11)16-21(18,19)14-7-6-12-9-20-10-13(12)8-14/h1-2,6-8,11H,3-5,9-10H2,(H,16,17). The molecule has 0 saturated carbocycles. The summed E-state index contributed by atoms with van der Waals surface area (Å²) in [6.45, 7) is 0.927. The molecule has 1 amide bonds. The second-order valence-corrected chi connectivity index (χ2v) is 7.06. The molecule has 1 atom stereocenters. The number of amides is 1. The van der Waals surface area contributed by atoms with Crippen LogP contribution in [0.25, 0.3) is 0 Å². The molecule has 1 N–H and O–H groups in total. The van der Waals surface area contributed by atoms with E-state index >= 15 is 0 Å².